The topological polar surface area (TPSA) is 136 Å². The average Bonchev–Trinajstić information content (AvgIpc) is 3.38. The predicted octanol–water partition coefficient (Wildman–Crippen LogP) is 4.75. The first-order chi connectivity index (χ1) is 17.8. The molecular weight excluding hydrogens is 517 g/mol. The number of carboxylic acids is 1. The quantitative estimate of drug-likeness (QED) is 0.264. The highest BCUT2D eigenvalue weighted by molar-refractivity contribution is 6.39. The standard InChI is InChI=1S/C26H27Cl2N5O4/c27-19-5-2-6-20(28)22(19)24(35)33-21(25(36)37)13-15-7-9-17(10-8-15)31-23(34)16-3-1-4-18(14-16)32-26-29-11-12-30-26/h2,5-12,16,18,21H,1,3-4,13-14H2,(H,31,34)(H,33,35)(H,36,37)(H2,29,30,32)/t16-,18-,21-/m0/s1. The minimum atomic E-state index is -1.19. The van der Waals surface area contributed by atoms with E-state index in [0.29, 0.717) is 23.6 Å². The molecule has 2 aromatic carbocycles. The number of imidazole rings is 1. The van der Waals surface area contributed by atoms with Gasteiger partial charge in [-0.15, -0.1) is 0 Å². The first-order valence-electron chi connectivity index (χ1n) is 11.9. The summed E-state index contributed by atoms with van der Waals surface area (Å²) < 4.78 is 0. The molecule has 0 saturated heterocycles. The van der Waals surface area contributed by atoms with Gasteiger partial charge in [-0.3, -0.25) is 9.59 Å². The Morgan fingerprint density at radius 2 is 1.81 bits per heavy atom. The number of anilines is 2. The molecule has 0 unspecified atom stereocenters. The van der Waals surface area contributed by atoms with Gasteiger partial charge in [0, 0.05) is 36.5 Å². The molecule has 0 spiro atoms. The van der Waals surface area contributed by atoms with Crippen LogP contribution in [0.5, 0.6) is 0 Å². The molecule has 9 nitrogen and oxygen atoms in total. The van der Waals surface area contributed by atoms with Gasteiger partial charge in [0.15, 0.2) is 5.95 Å². The molecule has 1 heterocycles. The molecule has 1 aliphatic rings. The number of benzene rings is 2. The van der Waals surface area contributed by atoms with Gasteiger partial charge in [-0.25, -0.2) is 9.78 Å². The van der Waals surface area contributed by atoms with E-state index in [1.54, 1.807) is 42.7 Å². The third kappa shape index (κ3) is 7.02. The Bertz CT molecular complexity index is 1230. The van der Waals surface area contributed by atoms with Gasteiger partial charge in [0.2, 0.25) is 5.91 Å². The molecule has 11 heteroatoms. The number of aromatic nitrogens is 2. The summed E-state index contributed by atoms with van der Waals surface area (Å²) in [7, 11) is 0. The van der Waals surface area contributed by atoms with Crippen LogP contribution in [0.15, 0.2) is 54.9 Å². The Morgan fingerprint density at radius 1 is 1.08 bits per heavy atom. The number of carboxylic acid groups (broad SMARTS) is 1. The molecule has 37 heavy (non-hydrogen) atoms. The van der Waals surface area contributed by atoms with Crippen LogP contribution in [0.4, 0.5) is 11.6 Å². The van der Waals surface area contributed by atoms with Gasteiger partial charge in [-0.1, -0.05) is 47.8 Å². The van der Waals surface area contributed by atoms with Crippen molar-refractivity contribution >= 4 is 52.6 Å². The SMILES string of the molecule is O=C(N[C@@H](Cc1ccc(NC(=O)[C@H]2CCC[C@H](Nc3ncc[nH]3)C2)cc1)C(=O)O)c1c(Cl)cccc1Cl. The highest BCUT2D eigenvalue weighted by Crippen LogP contribution is 2.28. The molecule has 1 saturated carbocycles. The van der Waals surface area contributed by atoms with E-state index in [1.165, 1.54) is 12.1 Å². The highest BCUT2D eigenvalue weighted by Gasteiger charge is 2.28. The molecule has 1 fully saturated rings. The molecule has 0 bridgehead atoms. The van der Waals surface area contributed by atoms with Crippen LogP contribution in [0.3, 0.4) is 0 Å². The zero-order valence-electron chi connectivity index (χ0n) is 19.8. The molecule has 1 aromatic heterocycles. The molecule has 3 aromatic rings. The Labute approximate surface area is 224 Å². The van der Waals surface area contributed by atoms with E-state index in [2.05, 4.69) is 25.9 Å². The Morgan fingerprint density at radius 3 is 2.46 bits per heavy atom. The van der Waals surface area contributed by atoms with Crippen molar-refractivity contribution < 1.29 is 19.5 Å². The van der Waals surface area contributed by atoms with Gasteiger partial charge in [0.05, 0.1) is 15.6 Å². The maximum Gasteiger partial charge on any atom is 0.326 e. The maximum atomic E-state index is 12.9. The number of nitrogens with zero attached hydrogens (tertiary/aromatic N) is 1. The predicted molar refractivity (Wildman–Crippen MR) is 142 cm³/mol. The normalized spacial score (nSPS) is 18.0. The van der Waals surface area contributed by atoms with Crippen molar-refractivity contribution in [2.45, 2.75) is 44.2 Å². The van der Waals surface area contributed by atoms with E-state index in [-0.39, 0.29) is 39.9 Å². The van der Waals surface area contributed by atoms with Crippen molar-refractivity contribution in [2.75, 3.05) is 10.6 Å². The Hall–Kier alpha value is -3.56. The van der Waals surface area contributed by atoms with E-state index in [9.17, 15) is 19.5 Å². The second-order valence-electron chi connectivity index (χ2n) is 8.99. The van der Waals surface area contributed by atoms with Crippen LogP contribution in [-0.2, 0) is 16.0 Å². The third-order valence-electron chi connectivity index (χ3n) is 6.34. The number of hydrogen-bond acceptors (Lipinski definition) is 5. The fraction of sp³-hybridized carbons (Fsp3) is 0.308. The number of H-pyrrole nitrogens is 1. The van der Waals surface area contributed by atoms with Crippen LogP contribution in [-0.4, -0.2) is 44.9 Å². The number of nitrogens with one attached hydrogen (secondary N) is 4. The summed E-state index contributed by atoms with van der Waals surface area (Å²) in [5.74, 6) is -1.33. The van der Waals surface area contributed by atoms with Crippen molar-refractivity contribution in [2.24, 2.45) is 5.92 Å². The van der Waals surface area contributed by atoms with Crippen LogP contribution in [0.1, 0.15) is 41.6 Å². The van der Waals surface area contributed by atoms with E-state index in [1.807, 2.05) is 0 Å². The first-order valence-corrected chi connectivity index (χ1v) is 12.7. The highest BCUT2D eigenvalue weighted by atomic mass is 35.5. The summed E-state index contributed by atoms with van der Waals surface area (Å²) in [5, 5.41) is 18.7. The first kappa shape index (κ1) is 26.5. The van der Waals surface area contributed by atoms with Crippen LogP contribution in [0.25, 0.3) is 0 Å². The number of aliphatic carboxylic acids is 1. The second kappa shape index (κ2) is 12.1. The zero-order chi connectivity index (χ0) is 26.4. The van der Waals surface area contributed by atoms with E-state index in [4.69, 9.17) is 23.2 Å². The molecule has 1 aliphatic carbocycles. The molecule has 3 atom stereocenters. The Kier molecular flexibility index (Phi) is 8.68. The number of aromatic amines is 1. The summed E-state index contributed by atoms with van der Waals surface area (Å²) in [5.41, 5.74) is 1.32. The van der Waals surface area contributed by atoms with Gasteiger partial charge in [-0.05, 0) is 49.1 Å². The fourth-order valence-electron chi connectivity index (χ4n) is 4.45. The molecule has 0 aliphatic heterocycles. The number of hydrogen-bond donors (Lipinski definition) is 5. The van der Waals surface area contributed by atoms with Crippen LogP contribution < -0.4 is 16.0 Å². The van der Waals surface area contributed by atoms with E-state index < -0.39 is 17.9 Å². The lowest BCUT2D eigenvalue weighted by Gasteiger charge is -2.29. The van der Waals surface area contributed by atoms with Gasteiger partial charge in [-0.2, -0.15) is 0 Å². The monoisotopic (exact) mass is 543 g/mol. The summed E-state index contributed by atoms with van der Waals surface area (Å²) in [6.07, 6.45) is 6.91. The molecule has 2 amide bonds. The smallest absolute Gasteiger partial charge is 0.326 e. The van der Waals surface area contributed by atoms with E-state index >= 15 is 0 Å². The molecule has 4 rings (SSSR count). The van der Waals surface area contributed by atoms with Gasteiger partial charge < -0.3 is 26.0 Å². The molecule has 194 valence electrons. The molecular formula is C26H27Cl2N5O4. The number of carbonyl (C=O) groups is 3. The summed E-state index contributed by atoms with van der Waals surface area (Å²) >= 11 is 12.1. The summed E-state index contributed by atoms with van der Waals surface area (Å²) in [4.78, 5) is 44.5. The third-order valence-corrected chi connectivity index (χ3v) is 6.97. The van der Waals surface area contributed by atoms with Crippen molar-refractivity contribution in [1.82, 2.24) is 15.3 Å². The summed E-state index contributed by atoms with van der Waals surface area (Å²) in [6.45, 7) is 0. The van der Waals surface area contributed by atoms with Crippen molar-refractivity contribution in [3.05, 3.63) is 76.0 Å². The molecule has 0 radical (unpaired) electrons. The van der Waals surface area contributed by atoms with Gasteiger partial charge in [0.25, 0.3) is 5.91 Å². The number of amides is 2. The average molecular weight is 544 g/mol. The molecule has 5 N–H and O–H groups in total. The lowest BCUT2D eigenvalue weighted by atomic mass is 9.85. The van der Waals surface area contributed by atoms with Crippen LogP contribution in [0, 0.1) is 5.92 Å². The van der Waals surface area contributed by atoms with Crippen molar-refractivity contribution in [3.63, 3.8) is 0 Å². The van der Waals surface area contributed by atoms with Crippen LogP contribution in [0.2, 0.25) is 10.0 Å². The minimum absolute atomic E-state index is 0.0273. The Balaban J connectivity index is 1.33. The number of carbonyl (C=O) groups excluding carboxylic acids is 2. The zero-order valence-corrected chi connectivity index (χ0v) is 21.4. The second-order valence-corrected chi connectivity index (χ2v) is 9.81. The van der Waals surface area contributed by atoms with Crippen LogP contribution >= 0.6 is 23.2 Å². The fourth-order valence-corrected chi connectivity index (χ4v) is 5.02. The van der Waals surface area contributed by atoms with E-state index in [0.717, 1.165) is 19.3 Å². The maximum absolute atomic E-state index is 12.9. The minimum Gasteiger partial charge on any atom is -0.480 e. The van der Waals surface area contributed by atoms with Crippen molar-refractivity contribution in [3.8, 4) is 0 Å². The largest absolute Gasteiger partial charge is 0.480 e. The lowest BCUT2D eigenvalue weighted by molar-refractivity contribution is -0.139. The lowest BCUT2D eigenvalue weighted by Crippen LogP contribution is -2.42. The van der Waals surface area contributed by atoms with Gasteiger partial charge >= 0.3 is 5.97 Å². The van der Waals surface area contributed by atoms with Crippen molar-refractivity contribution in [1.29, 1.82) is 0 Å². The number of rotatable bonds is 9. The summed E-state index contributed by atoms with van der Waals surface area (Å²) in [6, 6.07) is 10.5. The van der Waals surface area contributed by atoms with Gasteiger partial charge in [0.1, 0.15) is 6.04 Å². The number of halogens is 2.